The first-order valence-corrected chi connectivity index (χ1v) is 9.69. The Morgan fingerprint density at radius 3 is 2.44 bits per heavy atom. The molecule has 0 aliphatic rings. The quantitative estimate of drug-likeness (QED) is 0.649. The molecule has 0 unspecified atom stereocenters. The van der Waals surface area contributed by atoms with Crippen LogP contribution in [-0.4, -0.2) is 13.4 Å². The molecule has 3 rings (SSSR count). The number of nitrogens with zero attached hydrogens (tertiary/aromatic N) is 1. The lowest BCUT2D eigenvalue weighted by Gasteiger charge is -2.10. The van der Waals surface area contributed by atoms with Gasteiger partial charge in [-0.2, -0.15) is 0 Å². The zero-order valence-corrected chi connectivity index (χ0v) is 15.7. The standard InChI is InChI=1S/C18H15BrN2O3S/c1-13-7-9-17(16(19)11-13)25(22,23)21-14-8-10-18(20-12-14)24-15-5-3-2-4-6-15/h2-12,21H,1H3. The molecule has 5 nitrogen and oxygen atoms in total. The van der Waals surface area contributed by atoms with E-state index in [2.05, 4.69) is 25.6 Å². The summed E-state index contributed by atoms with van der Waals surface area (Å²) >= 11 is 3.29. The molecule has 0 radical (unpaired) electrons. The number of nitrogens with one attached hydrogen (secondary N) is 1. The predicted octanol–water partition coefficient (Wildman–Crippen LogP) is 4.75. The first kappa shape index (κ1) is 17.4. The van der Waals surface area contributed by atoms with E-state index in [0.29, 0.717) is 21.8 Å². The summed E-state index contributed by atoms with van der Waals surface area (Å²) in [6.07, 6.45) is 1.41. The minimum absolute atomic E-state index is 0.169. The number of benzene rings is 2. The van der Waals surface area contributed by atoms with Gasteiger partial charge in [-0.1, -0.05) is 24.3 Å². The fraction of sp³-hybridized carbons (Fsp3) is 0.0556. The van der Waals surface area contributed by atoms with Crippen LogP contribution < -0.4 is 9.46 Å². The number of rotatable bonds is 5. The van der Waals surface area contributed by atoms with E-state index in [1.807, 2.05) is 37.3 Å². The monoisotopic (exact) mass is 418 g/mol. The van der Waals surface area contributed by atoms with E-state index in [9.17, 15) is 8.42 Å². The molecule has 25 heavy (non-hydrogen) atoms. The molecular formula is C18H15BrN2O3S. The maximum absolute atomic E-state index is 12.5. The lowest BCUT2D eigenvalue weighted by atomic mass is 10.2. The third-order valence-corrected chi connectivity index (χ3v) is 5.69. The van der Waals surface area contributed by atoms with Crippen molar-refractivity contribution < 1.29 is 13.2 Å². The van der Waals surface area contributed by atoms with Crippen LogP contribution in [0.5, 0.6) is 11.6 Å². The Morgan fingerprint density at radius 1 is 1.04 bits per heavy atom. The first-order chi connectivity index (χ1) is 11.9. The Balaban J connectivity index is 1.76. The van der Waals surface area contributed by atoms with E-state index in [0.717, 1.165) is 5.56 Å². The number of aryl methyl sites for hydroxylation is 1. The summed E-state index contributed by atoms with van der Waals surface area (Å²) in [5.41, 5.74) is 1.32. The molecule has 0 aliphatic heterocycles. The van der Waals surface area contributed by atoms with E-state index >= 15 is 0 Å². The minimum Gasteiger partial charge on any atom is -0.439 e. The van der Waals surface area contributed by atoms with Gasteiger partial charge in [-0.05, 0) is 58.7 Å². The van der Waals surface area contributed by atoms with E-state index in [4.69, 9.17) is 4.74 Å². The Labute approximate surface area is 154 Å². The summed E-state index contributed by atoms with van der Waals surface area (Å²) in [4.78, 5) is 4.30. The summed E-state index contributed by atoms with van der Waals surface area (Å²) in [5, 5.41) is 0. The molecule has 0 spiro atoms. The second-order valence-corrected chi connectivity index (χ2v) is 7.84. The number of anilines is 1. The molecule has 2 aromatic carbocycles. The maximum Gasteiger partial charge on any atom is 0.263 e. The van der Waals surface area contributed by atoms with Crippen molar-refractivity contribution in [1.82, 2.24) is 4.98 Å². The van der Waals surface area contributed by atoms with Crippen molar-refractivity contribution in [3.63, 3.8) is 0 Å². The molecule has 0 fully saturated rings. The van der Waals surface area contributed by atoms with Gasteiger partial charge in [0, 0.05) is 10.5 Å². The molecule has 0 atom stereocenters. The Kier molecular flexibility index (Phi) is 5.06. The highest BCUT2D eigenvalue weighted by atomic mass is 79.9. The van der Waals surface area contributed by atoms with Gasteiger partial charge in [0.05, 0.1) is 11.9 Å². The first-order valence-electron chi connectivity index (χ1n) is 7.42. The van der Waals surface area contributed by atoms with Crippen molar-refractivity contribution in [3.8, 4) is 11.6 Å². The van der Waals surface area contributed by atoms with Crippen molar-refractivity contribution in [2.75, 3.05) is 4.72 Å². The van der Waals surface area contributed by atoms with Crippen LogP contribution in [0.4, 0.5) is 5.69 Å². The zero-order valence-electron chi connectivity index (χ0n) is 13.3. The van der Waals surface area contributed by atoms with Crippen LogP contribution in [-0.2, 0) is 10.0 Å². The molecule has 1 aromatic heterocycles. The fourth-order valence-corrected chi connectivity index (χ4v) is 4.38. The molecule has 0 aliphatic carbocycles. The van der Waals surface area contributed by atoms with Gasteiger partial charge in [0.1, 0.15) is 10.6 Å². The summed E-state index contributed by atoms with van der Waals surface area (Å²) < 4.78 is 33.6. The lowest BCUT2D eigenvalue weighted by Crippen LogP contribution is -2.13. The topological polar surface area (TPSA) is 68.3 Å². The third kappa shape index (κ3) is 4.37. The normalized spacial score (nSPS) is 11.1. The number of sulfonamides is 1. The molecule has 128 valence electrons. The van der Waals surface area contributed by atoms with Crippen molar-refractivity contribution in [2.24, 2.45) is 0 Å². The SMILES string of the molecule is Cc1ccc(S(=O)(=O)Nc2ccc(Oc3ccccc3)nc2)c(Br)c1. The van der Waals surface area contributed by atoms with Crippen LogP contribution in [0.3, 0.4) is 0 Å². The van der Waals surface area contributed by atoms with Crippen LogP contribution in [0.15, 0.2) is 76.2 Å². The molecule has 3 aromatic rings. The number of pyridine rings is 1. The highest BCUT2D eigenvalue weighted by molar-refractivity contribution is 9.10. The molecule has 0 bridgehead atoms. The van der Waals surface area contributed by atoms with Crippen LogP contribution >= 0.6 is 15.9 Å². The van der Waals surface area contributed by atoms with Gasteiger partial charge in [0.15, 0.2) is 0 Å². The Hall–Kier alpha value is -2.38. The van der Waals surface area contributed by atoms with E-state index in [1.54, 1.807) is 30.3 Å². The van der Waals surface area contributed by atoms with Gasteiger partial charge in [-0.3, -0.25) is 4.72 Å². The van der Waals surface area contributed by atoms with Crippen LogP contribution in [0, 0.1) is 6.92 Å². The second kappa shape index (κ2) is 7.25. The van der Waals surface area contributed by atoms with Gasteiger partial charge in [-0.25, -0.2) is 13.4 Å². The fourth-order valence-electron chi connectivity index (χ4n) is 2.14. The molecule has 1 N–H and O–H groups in total. The van der Waals surface area contributed by atoms with Crippen LogP contribution in [0.2, 0.25) is 0 Å². The molecular weight excluding hydrogens is 404 g/mol. The number of halogens is 1. The van der Waals surface area contributed by atoms with Crippen molar-refractivity contribution in [1.29, 1.82) is 0 Å². The molecule has 0 amide bonds. The number of para-hydroxylation sites is 1. The summed E-state index contributed by atoms with van der Waals surface area (Å²) in [6, 6.07) is 17.5. The summed E-state index contributed by atoms with van der Waals surface area (Å²) in [7, 11) is -3.71. The smallest absolute Gasteiger partial charge is 0.263 e. The van der Waals surface area contributed by atoms with Gasteiger partial charge in [-0.15, -0.1) is 0 Å². The van der Waals surface area contributed by atoms with Crippen molar-refractivity contribution in [3.05, 3.63) is 76.9 Å². The number of hydrogen-bond donors (Lipinski definition) is 1. The number of hydrogen-bond acceptors (Lipinski definition) is 4. The Bertz CT molecular complexity index is 975. The average molecular weight is 419 g/mol. The van der Waals surface area contributed by atoms with Crippen molar-refractivity contribution in [2.45, 2.75) is 11.8 Å². The van der Waals surface area contributed by atoms with Gasteiger partial charge >= 0.3 is 0 Å². The molecule has 7 heteroatoms. The summed E-state index contributed by atoms with van der Waals surface area (Å²) in [5.74, 6) is 1.04. The maximum atomic E-state index is 12.5. The minimum atomic E-state index is -3.71. The zero-order chi connectivity index (χ0) is 17.9. The Morgan fingerprint density at radius 2 is 1.80 bits per heavy atom. The van der Waals surface area contributed by atoms with E-state index in [1.165, 1.54) is 6.20 Å². The van der Waals surface area contributed by atoms with Crippen LogP contribution in [0.1, 0.15) is 5.56 Å². The number of aromatic nitrogens is 1. The molecule has 0 saturated carbocycles. The van der Waals surface area contributed by atoms with Crippen LogP contribution in [0.25, 0.3) is 0 Å². The van der Waals surface area contributed by atoms with Gasteiger partial charge in [0.25, 0.3) is 10.0 Å². The van der Waals surface area contributed by atoms with E-state index < -0.39 is 10.0 Å². The lowest BCUT2D eigenvalue weighted by molar-refractivity contribution is 0.463. The van der Waals surface area contributed by atoms with Crippen molar-refractivity contribution >= 4 is 31.6 Å². The van der Waals surface area contributed by atoms with Gasteiger partial charge in [0.2, 0.25) is 5.88 Å². The molecule has 0 saturated heterocycles. The summed E-state index contributed by atoms with van der Waals surface area (Å²) in [6.45, 7) is 1.89. The second-order valence-electron chi connectivity index (χ2n) is 5.34. The highest BCUT2D eigenvalue weighted by Gasteiger charge is 2.18. The average Bonchev–Trinajstić information content (AvgIpc) is 2.57. The van der Waals surface area contributed by atoms with Gasteiger partial charge < -0.3 is 4.74 Å². The van der Waals surface area contributed by atoms with E-state index in [-0.39, 0.29) is 4.90 Å². The molecule has 1 heterocycles. The third-order valence-electron chi connectivity index (χ3n) is 3.33. The highest BCUT2D eigenvalue weighted by Crippen LogP contribution is 2.26. The number of ether oxygens (including phenoxy) is 1. The predicted molar refractivity (Wildman–Crippen MR) is 100 cm³/mol. The largest absolute Gasteiger partial charge is 0.439 e.